The largest absolute Gasteiger partial charge is 0.369 e. The highest BCUT2D eigenvalue weighted by atomic mass is 14.9. The van der Waals surface area contributed by atoms with Crippen LogP contribution in [0, 0.1) is 31.1 Å². The lowest BCUT2D eigenvalue weighted by atomic mass is 10.0. The molecule has 1 unspecified atom stereocenters. The van der Waals surface area contributed by atoms with E-state index in [0.29, 0.717) is 5.92 Å². The third-order valence-electron chi connectivity index (χ3n) is 2.66. The number of aryl methyl sites for hydroxylation is 2. The minimum Gasteiger partial charge on any atom is -0.369 e. The van der Waals surface area contributed by atoms with Crippen molar-refractivity contribution < 1.29 is 0 Å². The van der Waals surface area contributed by atoms with Crippen molar-refractivity contribution in [1.82, 2.24) is 0 Å². The first kappa shape index (κ1) is 12.6. The maximum Gasteiger partial charge on any atom is 0.114 e. The van der Waals surface area contributed by atoms with Gasteiger partial charge in [0.2, 0.25) is 0 Å². The predicted molar refractivity (Wildman–Crippen MR) is 68.4 cm³/mol. The Bertz CT molecular complexity index is 368. The Morgan fingerprint density at radius 2 is 1.81 bits per heavy atom. The third kappa shape index (κ3) is 3.27. The number of rotatable bonds is 4. The van der Waals surface area contributed by atoms with Crippen LogP contribution in [-0.4, -0.2) is 6.04 Å². The van der Waals surface area contributed by atoms with E-state index in [1.807, 2.05) is 6.07 Å². The fraction of sp³-hybridized carbons (Fsp3) is 0.500. The zero-order valence-corrected chi connectivity index (χ0v) is 10.5. The van der Waals surface area contributed by atoms with Crippen molar-refractivity contribution in [2.75, 3.05) is 5.32 Å². The smallest absolute Gasteiger partial charge is 0.114 e. The van der Waals surface area contributed by atoms with Crippen LogP contribution in [0.15, 0.2) is 18.2 Å². The summed E-state index contributed by atoms with van der Waals surface area (Å²) in [7, 11) is 0. The summed E-state index contributed by atoms with van der Waals surface area (Å²) in [5.41, 5.74) is 3.50. The van der Waals surface area contributed by atoms with Gasteiger partial charge >= 0.3 is 0 Å². The van der Waals surface area contributed by atoms with E-state index in [1.165, 1.54) is 11.1 Å². The minimum absolute atomic E-state index is 0.0974. The molecule has 0 aliphatic rings. The lowest BCUT2D eigenvalue weighted by Gasteiger charge is -2.18. The average molecular weight is 216 g/mol. The second kappa shape index (κ2) is 5.55. The molecule has 1 aromatic carbocycles. The molecule has 0 spiro atoms. The van der Waals surface area contributed by atoms with Gasteiger partial charge in [0.15, 0.2) is 0 Å². The molecule has 1 N–H and O–H groups in total. The summed E-state index contributed by atoms with van der Waals surface area (Å²) in [4.78, 5) is 0. The molecule has 0 aromatic heterocycles. The Morgan fingerprint density at radius 3 is 2.25 bits per heavy atom. The van der Waals surface area contributed by atoms with Crippen LogP contribution in [0.1, 0.15) is 31.4 Å². The molecule has 0 saturated carbocycles. The first-order chi connectivity index (χ1) is 7.54. The molecular formula is C14H20N2. The summed E-state index contributed by atoms with van der Waals surface area (Å²) in [6, 6.07) is 8.41. The van der Waals surface area contributed by atoms with E-state index in [4.69, 9.17) is 5.26 Å². The van der Waals surface area contributed by atoms with Gasteiger partial charge in [0.1, 0.15) is 6.04 Å². The summed E-state index contributed by atoms with van der Waals surface area (Å²) in [5, 5.41) is 12.4. The van der Waals surface area contributed by atoms with Gasteiger partial charge < -0.3 is 5.32 Å². The average Bonchev–Trinajstić information content (AvgIpc) is 2.21. The monoisotopic (exact) mass is 216 g/mol. The van der Waals surface area contributed by atoms with Crippen LogP contribution in [0.2, 0.25) is 0 Å². The van der Waals surface area contributed by atoms with Gasteiger partial charge in [0, 0.05) is 5.69 Å². The Kier molecular flexibility index (Phi) is 4.37. The van der Waals surface area contributed by atoms with Crippen LogP contribution in [0.3, 0.4) is 0 Å². The molecular weight excluding hydrogens is 196 g/mol. The molecule has 86 valence electrons. The van der Waals surface area contributed by atoms with Gasteiger partial charge in [-0.2, -0.15) is 5.26 Å². The minimum atomic E-state index is -0.0974. The summed E-state index contributed by atoms with van der Waals surface area (Å²) < 4.78 is 0. The van der Waals surface area contributed by atoms with Crippen molar-refractivity contribution in [3.8, 4) is 6.07 Å². The van der Waals surface area contributed by atoms with Crippen LogP contribution in [0.4, 0.5) is 5.69 Å². The number of para-hydroxylation sites is 1. The molecule has 2 heteroatoms. The van der Waals surface area contributed by atoms with Crippen molar-refractivity contribution in [1.29, 1.82) is 5.26 Å². The normalized spacial score (nSPS) is 12.2. The molecule has 2 nitrogen and oxygen atoms in total. The standard InChI is InChI=1S/C14H20N2/c1-10(2)8-13(9-15)16-14-11(3)6-5-7-12(14)4/h5-7,10,13,16H,8H2,1-4H3. The van der Waals surface area contributed by atoms with Crippen LogP contribution in [0.25, 0.3) is 0 Å². The Hall–Kier alpha value is -1.49. The Balaban J connectivity index is 2.83. The fourth-order valence-electron chi connectivity index (χ4n) is 1.83. The Labute approximate surface area is 98.3 Å². The van der Waals surface area contributed by atoms with E-state index >= 15 is 0 Å². The summed E-state index contributed by atoms with van der Waals surface area (Å²) in [6.07, 6.45) is 0.879. The summed E-state index contributed by atoms with van der Waals surface area (Å²) in [5.74, 6) is 0.529. The quantitative estimate of drug-likeness (QED) is 0.833. The molecule has 0 heterocycles. The molecule has 1 rings (SSSR count). The van der Waals surface area contributed by atoms with E-state index in [9.17, 15) is 0 Å². The second-order valence-electron chi connectivity index (χ2n) is 4.72. The molecule has 0 amide bonds. The van der Waals surface area contributed by atoms with E-state index < -0.39 is 0 Å². The van der Waals surface area contributed by atoms with Crippen molar-refractivity contribution >= 4 is 5.69 Å². The Morgan fingerprint density at radius 1 is 1.25 bits per heavy atom. The van der Waals surface area contributed by atoms with Gasteiger partial charge in [-0.05, 0) is 37.3 Å². The second-order valence-corrected chi connectivity index (χ2v) is 4.72. The van der Waals surface area contributed by atoms with Crippen molar-refractivity contribution in [3.63, 3.8) is 0 Å². The van der Waals surface area contributed by atoms with Crippen molar-refractivity contribution in [3.05, 3.63) is 29.3 Å². The van der Waals surface area contributed by atoms with Crippen LogP contribution < -0.4 is 5.32 Å². The van der Waals surface area contributed by atoms with E-state index in [2.05, 4.69) is 51.2 Å². The first-order valence-electron chi connectivity index (χ1n) is 5.77. The fourth-order valence-corrected chi connectivity index (χ4v) is 1.83. The number of benzene rings is 1. The third-order valence-corrected chi connectivity index (χ3v) is 2.66. The highest BCUT2D eigenvalue weighted by Gasteiger charge is 2.11. The van der Waals surface area contributed by atoms with E-state index in [-0.39, 0.29) is 6.04 Å². The number of hydrogen-bond acceptors (Lipinski definition) is 2. The number of nitrogens with one attached hydrogen (secondary N) is 1. The highest BCUT2D eigenvalue weighted by Crippen LogP contribution is 2.21. The van der Waals surface area contributed by atoms with Gasteiger partial charge in [-0.15, -0.1) is 0 Å². The number of hydrogen-bond donors (Lipinski definition) is 1. The number of anilines is 1. The number of nitriles is 1. The van der Waals surface area contributed by atoms with Crippen LogP contribution in [0.5, 0.6) is 0 Å². The first-order valence-corrected chi connectivity index (χ1v) is 5.77. The van der Waals surface area contributed by atoms with Gasteiger partial charge in [0.05, 0.1) is 6.07 Å². The molecule has 0 radical (unpaired) electrons. The molecule has 0 fully saturated rings. The molecule has 16 heavy (non-hydrogen) atoms. The molecule has 0 saturated heterocycles. The molecule has 0 bridgehead atoms. The van der Waals surface area contributed by atoms with Crippen molar-refractivity contribution in [2.24, 2.45) is 5.92 Å². The van der Waals surface area contributed by atoms with Crippen molar-refractivity contribution in [2.45, 2.75) is 40.2 Å². The summed E-state index contributed by atoms with van der Waals surface area (Å²) >= 11 is 0. The lowest BCUT2D eigenvalue weighted by Crippen LogP contribution is -2.20. The van der Waals surface area contributed by atoms with Gasteiger partial charge in [-0.25, -0.2) is 0 Å². The highest BCUT2D eigenvalue weighted by molar-refractivity contribution is 5.57. The zero-order valence-electron chi connectivity index (χ0n) is 10.5. The lowest BCUT2D eigenvalue weighted by molar-refractivity contribution is 0.567. The maximum absolute atomic E-state index is 9.11. The van der Waals surface area contributed by atoms with E-state index in [0.717, 1.165) is 12.1 Å². The maximum atomic E-state index is 9.11. The van der Waals surface area contributed by atoms with Gasteiger partial charge in [-0.3, -0.25) is 0 Å². The van der Waals surface area contributed by atoms with Gasteiger partial charge in [0.25, 0.3) is 0 Å². The van der Waals surface area contributed by atoms with Crippen LogP contribution >= 0.6 is 0 Å². The topological polar surface area (TPSA) is 35.8 Å². The molecule has 1 aromatic rings. The zero-order chi connectivity index (χ0) is 12.1. The van der Waals surface area contributed by atoms with Gasteiger partial charge in [-0.1, -0.05) is 32.0 Å². The summed E-state index contributed by atoms with van der Waals surface area (Å²) in [6.45, 7) is 8.41. The predicted octanol–water partition coefficient (Wildman–Crippen LogP) is 3.65. The van der Waals surface area contributed by atoms with E-state index in [1.54, 1.807) is 0 Å². The van der Waals surface area contributed by atoms with Crippen LogP contribution in [-0.2, 0) is 0 Å². The molecule has 0 aliphatic heterocycles. The SMILES string of the molecule is Cc1cccc(C)c1NC(C#N)CC(C)C. The molecule has 0 aliphatic carbocycles. The molecule has 1 atom stereocenters. The number of nitrogens with zero attached hydrogens (tertiary/aromatic N) is 1.